The number of nitrogens with two attached hydrogens (primary N) is 4. The van der Waals surface area contributed by atoms with Crippen LogP contribution in [0.25, 0.3) is 0 Å². The number of ketones is 1. The van der Waals surface area contributed by atoms with E-state index in [1.54, 1.807) is 0 Å². The maximum absolute atomic E-state index is 14.5. The van der Waals surface area contributed by atoms with E-state index in [1.165, 1.54) is 11.8 Å². The average molecular weight is 859 g/mol. The van der Waals surface area contributed by atoms with E-state index in [1.807, 2.05) is 60.7 Å². The van der Waals surface area contributed by atoms with Crippen LogP contribution >= 0.6 is 0 Å². The molecule has 2 aromatic carbocycles. The van der Waals surface area contributed by atoms with Crippen LogP contribution in [0.4, 0.5) is 0 Å². The number of guanidine groups is 2. The van der Waals surface area contributed by atoms with Crippen LogP contribution in [-0.4, -0.2) is 114 Å². The Hall–Kier alpha value is -6.53. The lowest BCUT2D eigenvalue weighted by Crippen LogP contribution is -2.59. The molecule has 0 spiro atoms. The standard InChI is InChI=1S/C43H62N12O7/c1-27(56)51-34(25-29-14-6-3-7-15-29)39(60)53-32-18-10-20-48-37(58)30(16-8-21-49-42(44)45)26-36(57)33(24-28-12-4-2-5-13-28)54-38(59)31(17-9-22-50-43(46)47)52-40(61)35-19-11-23-55(35)41(32)62/h2-7,12-15,30-35H,8-11,16-26H2,1H3,(H,48,58)(H,51,56)(H,52,61)(H,53,60)(H,54,59)(H4,44,45,49)(H4,46,47,50)/t30-,31-,32+,33+,34+,35+/m1/s1. The van der Waals surface area contributed by atoms with Crippen molar-refractivity contribution in [1.82, 2.24) is 31.5 Å². The number of rotatable bonds is 15. The number of carbonyl (C=O) groups is 7. The molecule has 336 valence electrons. The molecule has 0 aliphatic carbocycles. The Kier molecular flexibility index (Phi) is 19.1. The second-order valence-corrected chi connectivity index (χ2v) is 15.7. The third-order valence-corrected chi connectivity index (χ3v) is 10.8. The molecule has 2 heterocycles. The van der Waals surface area contributed by atoms with Gasteiger partial charge < -0.3 is 54.4 Å². The predicted molar refractivity (Wildman–Crippen MR) is 234 cm³/mol. The molecule has 0 saturated carbocycles. The van der Waals surface area contributed by atoms with Gasteiger partial charge in [0, 0.05) is 51.9 Å². The molecule has 2 fully saturated rings. The predicted octanol–water partition coefficient (Wildman–Crippen LogP) is -0.985. The van der Waals surface area contributed by atoms with Crippen molar-refractivity contribution < 1.29 is 33.6 Å². The largest absolute Gasteiger partial charge is 0.370 e. The molecule has 6 amide bonds. The number of hydrogen-bond acceptors (Lipinski definition) is 9. The number of fused-ring (bicyclic) bond motifs is 1. The molecule has 0 unspecified atom stereocenters. The summed E-state index contributed by atoms with van der Waals surface area (Å²) in [6, 6.07) is 12.8. The van der Waals surface area contributed by atoms with E-state index in [9.17, 15) is 33.6 Å². The maximum Gasteiger partial charge on any atom is 0.245 e. The number of carbonyl (C=O) groups excluding carboxylic acids is 7. The summed E-state index contributed by atoms with van der Waals surface area (Å²) in [7, 11) is 0. The molecule has 2 saturated heterocycles. The molecule has 62 heavy (non-hydrogen) atoms. The van der Waals surface area contributed by atoms with Crippen LogP contribution < -0.4 is 49.5 Å². The van der Waals surface area contributed by atoms with Crippen molar-refractivity contribution in [2.45, 2.75) is 108 Å². The first-order valence-corrected chi connectivity index (χ1v) is 21.2. The summed E-state index contributed by atoms with van der Waals surface area (Å²) in [5.41, 5.74) is 23.6. The summed E-state index contributed by atoms with van der Waals surface area (Å²) in [5, 5.41) is 14.1. The maximum atomic E-state index is 14.5. The lowest BCUT2D eigenvalue weighted by molar-refractivity contribution is -0.142. The second kappa shape index (κ2) is 24.7. The summed E-state index contributed by atoms with van der Waals surface area (Å²) in [4.78, 5) is 106. The highest BCUT2D eigenvalue weighted by Crippen LogP contribution is 2.22. The summed E-state index contributed by atoms with van der Waals surface area (Å²) in [6.07, 6.45) is 2.09. The van der Waals surface area contributed by atoms with Gasteiger partial charge in [-0.05, 0) is 68.9 Å². The molecule has 0 bridgehead atoms. The van der Waals surface area contributed by atoms with Gasteiger partial charge in [0.05, 0.1) is 6.04 Å². The number of benzene rings is 2. The Balaban J connectivity index is 1.68. The molecule has 2 aliphatic heterocycles. The van der Waals surface area contributed by atoms with Gasteiger partial charge in [-0.25, -0.2) is 0 Å². The van der Waals surface area contributed by atoms with Crippen molar-refractivity contribution in [2.24, 2.45) is 38.8 Å². The lowest BCUT2D eigenvalue weighted by Gasteiger charge is -2.31. The van der Waals surface area contributed by atoms with Gasteiger partial charge in [0.2, 0.25) is 35.4 Å². The van der Waals surface area contributed by atoms with Crippen molar-refractivity contribution in [1.29, 1.82) is 0 Å². The summed E-state index contributed by atoms with van der Waals surface area (Å²) < 4.78 is 0. The van der Waals surface area contributed by atoms with E-state index in [2.05, 4.69) is 36.6 Å². The van der Waals surface area contributed by atoms with Crippen molar-refractivity contribution >= 4 is 53.1 Å². The van der Waals surface area contributed by atoms with E-state index in [0.29, 0.717) is 19.3 Å². The minimum absolute atomic E-state index is 0.0664. The van der Waals surface area contributed by atoms with Gasteiger partial charge in [0.25, 0.3) is 0 Å². The van der Waals surface area contributed by atoms with Gasteiger partial charge in [-0.2, -0.15) is 0 Å². The minimum Gasteiger partial charge on any atom is -0.370 e. The molecule has 19 nitrogen and oxygen atoms in total. The molecule has 2 aromatic rings. The molecule has 13 N–H and O–H groups in total. The lowest BCUT2D eigenvalue weighted by atomic mass is 9.90. The molecule has 2 aliphatic rings. The first-order valence-electron chi connectivity index (χ1n) is 21.2. The summed E-state index contributed by atoms with van der Waals surface area (Å²) in [5.74, 6) is -4.68. The third-order valence-electron chi connectivity index (χ3n) is 10.8. The van der Waals surface area contributed by atoms with Crippen LogP contribution in [-0.2, 0) is 46.4 Å². The number of amides is 6. The Morgan fingerprint density at radius 3 is 2.02 bits per heavy atom. The molecule has 0 aromatic heterocycles. The van der Waals surface area contributed by atoms with Gasteiger partial charge in [0.1, 0.15) is 24.2 Å². The van der Waals surface area contributed by atoms with Crippen molar-refractivity contribution in [3.8, 4) is 0 Å². The zero-order chi connectivity index (χ0) is 45.0. The molecule has 0 radical (unpaired) electrons. The van der Waals surface area contributed by atoms with Crippen LogP contribution in [0.5, 0.6) is 0 Å². The highest BCUT2D eigenvalue weighted by Gasteiger charge is 2.40. The fraction of sp³-hybridized carbons (Fsp3) is 0.512. The van der Waals surface area contributed by atoms with Gasteiger partial charge in [-0.15, -0.1) is 0 Å². The molecule has 6 atom stereocenters. The third kappa shape index (κ3) is 15.8. The number of hydrogen-bond donors (Lipinski definition) is 9. The Morgan fingerprint density at radius 1 is 0.774 bits per heavy atom. The zero-order valence-electron chi connectivity index (χ0n) is 35.4. The first kappa shape index (κ1) is 48.1. The van der Waals surface area contributed by atoms with Crippen LogP contribution in [0.15, 0.2) is 70.6 Å². The van der Waals surface area contributed by atoms with E-state index in [-0.39, 0.29) is 89.5 Å². The van der Waals surface area contributed by atoms with Crippen molar-refractivity contribution in [3.05, 3.63) is 71.8 Å². The zero-order valence-corrected chi connectivity index (χ0v) is 35.4. The van der Waals surface area contributed by atoms with Crippen LogP contribution in [0.2, 0.25) is 0 Å². The van der Waals surface area contributed by atoms with Gasteiger partial charge in [-0.3, -0.25) is 43.5 Å². The van der Waals surface area contributed by atoms with Crippen LogP contribution in [0.3, 0.4) is 0 Å². The highest BCUT2D eigenvalue weighted by molar-refractivity contribution is 5.97. The minimum atomic E-state index is -1.16. The Labute approximate surface area is 362 Å². The van der Waals surface area contributed by atoms with Crippen molar-refractivity contribution in [2.75, 3.05) is 26.2 Å². The second-order valence-electron chi connectivity index (χ2n) is 15.7. The van der Waals surface area contributed by atoms with E-state index in [0.717, 1.165) is 11.1 Å². The number of nitrogens with zero attached hydrogens (tertiary/aromatic N) is 3. The monoisotopic (exact) mass is 858 g/mol. The number of Topliss-reactive ketones (excluding diaryl/α,β-unsaturated/α-hetero) is 1. The van der Waals surface area contributed by atoms with Crippen LogP contribution in [0, 0.1) is 5.92 Å². The highest BCUT2D eigenvalue weighted by atomic mass is 16.2. The smallest absolute Gasteiger partial charge is 0.245 e. The number of nitrogens with one attached hydrogen (secondary N) is 5. The van der Waals surface area contributed by atoms with E-state index in [4.69, 9.17) is 22.9 Å². The molecule has 4 rings (SSSR count). The first-order chi connectivity index (χ1) is 29.7. The van der Waals surface area contributed by atoms with Gasteiger partial charge in [0.15, 0.2) is 17.7 Å². The van der Waals surface area contributed by atoms with E-state index < -0.39 is 77.4 Å². The van der Waals surface area contributed by atoms with Gasteiger partial charge in [-0.1, -0.05) is 60.7 Å². The Bertz CT molecular complexity index is 1900. The van der Waals surface area contributed by atoms with E-state index >= 15 is 0 Å². The topological polar surface area (TPSA) is 312 Å². The average Bonchev–Trinajstić information content (AvgIpc) is 3.73. The van der Waals surface area contributed by atoms with Crippen molar-refractivity contribution in [3.63, 3.8) is 0 Å². The molecular weight excluding hydrogens is 797 g/mol. The fourth-order valence-electron chi connectivity index (χ4n) is 7.66. The fourth-order valence-corrected chi connectivity index (χ4v) is 7.66. The van der Waals surface area contributed by atoms with Gasteiger partial charge >= 0.3 is 0 Å². The summed E-state index contributed by atoms with van der Waals surface area (Å²) in [6.45, 7) is 1.96. The normalized spacial score (nSPS) is 22.0. The molecule has 19 heteroatoms. The quantitative estimate of drug-likeness (QED) is 0.0595. The van der Waals surface area contributed by atoms with Crippen LogP contribution in [0.1, 0.15) is 75.8 Å². The number of aliphatic imine (C=N–C) groups is 2. The SMILES string of the molecule is CC(=O)N[C@@H](Cc1ccccc1)C(=O)N[C@H]1CCCNC(=O)[C@H](CCCN=C(N)N)CC(=O)[C@H](Cc2ccccc2)NC(=O)[C@@H](CCCN=C(N)N)NC(=O)[C@@H]2CCCN2C1=O. The molecular formula is C43H62N12O7. The summed E-state index contributed by atoms with van der Waals surface area (Å²) >= 11 is 0. The Morgan fingerprint density at radius 2 is 1.39 bits per heavy atom.